The fourth-order valence-corrected chi connectivity index (χ4v) is 5.56. The number of thioether (sulfide) groups is 1. The van der Waals surface area contributed by atoms with Crippen molar-refractivity contribution in [1.29, 1.82) is 0 Å². The van der Waals surface area contributed by atoms with Crippen LogP contribution in [0.15, 0.2) is 71.9 Å². The number of hydrogen-bond donors (Lipinski definition) is 1. The second-order valence-electron chi connectivity index (χ2n) is 10.9. The Bertz CT molecular complexity index is 1270. The lowest BCUT2D eigenvalue weighted by Gasteiger charge is -2.42. The molecule has 2 aromatic carbocycles. The highest BCUT2D eigenvalue weighted by atomic mass is 35.5. The van der Waals surface area contributed by atoms with E-state index < -0.39 is 5.41 Å². The van der Waals surface area contributed by atoms with Gasteiger partial charge in [0, 0.05) is 37.2 Å². The Balaban J connectivity index is 1.39. The number of aromatic nitrogens is 2. The molecule has 0 saturated carbocycles. The standard InChI is InChI=1S/C30H36ClN5O2S/c1-21-19-35(15-16-36(21)28(38)30(2,3)4)26-18-25(31)33-29(34-26)39-20-27(37)32-24(23-13-9-6-10-14-23)17-22-11-7-5-8-12-22/h5-14,18,21,24H,15-17,19-20H2,1-4H3,(H,32,37). The molecule has 1 saturated heterocycles. The number of halogens is 1. The Morgan fingerprint density at radius 1 is 1.05 bits per heavy atom. The van der Waals surface area contributed by atoms with Crippen molar-refractivity contribution in [1.82, 2.24) is 20.2 Å². The van der Waals surface area contributed by atoms with Gasteiger partial charge in [-0.2, -0.15) is 0 Å². The lowest BCUT2D eigenvalue weighted by atomic mass is 9.93. The maximum atomic E-state index is 13.0. The maximum absolute atomic E-state index is 13.0. The molecule has 2 amide bonds. The van der Waals surface area contributed by atoms with E-state index >= 15 is 0 Å². The van der Waals surface area contributed by atoms with Crippen LogP contribution in [-0.4, -0.2) is 58.1 Å². The van der Waals surface area contributed by atoms with Crippen LogP contribution in [0.1, 0.15) is 44.9 Å². The Hall–Kier alpha value is -3.10. The molecule has 0 aliphatic carbocycles. The van der Waals surface area contributed by atoms with Crippen LogP contribution < -0.4 is 10.2 Å². The van der Waals surface area contributed by atoms with Gasteiger partial charge < -0.3 is 15.1 Å². The molecule has 2 unspecified atom stereocenters. The molecular formula is C30H36ClN5O2S. The summed E-state index contributed by atoms with van der Waals surface area (Å²) in [6.45, 7) is 9.82. The van der Waals surface area contributed by atoms with Crippen molar-refractivity contribution in [2.45, 2.75) is 51.4 Å². The molecule has 1 aromatic heterocycles. The summed E-state index contributed by atoms with van der Waals surface area (Å²) in [4.78, 5) is 38.9. The van der Waals surface area contributed by atoms with Crippen LogP contribution in [0, 0.1) is 5.41 Å². The molecule has 2 atom stereocenters. The van der Waals surface area contributed by atoms with Gasteiger partial charge in [0.1, 0.15) is 11.0 Å². The van der Waals surface area contributed by atoms with Crippen LogP contribution >= 0.6 is 23.4 Å². The number of hydrogen-bond acceptors (Lipinski definition) is 6. The Morgan fingerprint density at radius 3 is 2.36 bits per heavy atom. The fraction of sp³-hybridized carbons (Fsp3) is 0.400. The van der Waals surface area contributed by atoms with Gasteiger partial charge in [-0.1, -0.05) is 105 Å². The highest BCUT2D eigenvalue weighted by Gasteiger charge is 2.34. The maximum Gasteiger partial charge on any atom is 0.230 e. The zero-order chi connectivity index (χ0) is 28.0. The van der Waals surface area contributed by atoms with Gasteiger partial charge in [-0.3, -0.25) is 9.59 Å². The predicted octanol–water partition coefficient (Wildman–Crippen LogP) is 5.41. The summed E-state index contributed by atoms with van der Waals surface area (Å²) in [5, 5.41) is 3.96. The second-order valence-corrected chi connectivity index (χ2v) is 12.2. The largest absolute Gasteiger partial charge is 0.353 e. The summed E-state index contributed by atoms with van der Waals surface area (Å²) in [6, 6.07) is 21.8. The van der Waals surface area contributed by atoms with Gasteiger partial charge in [-0.25, -0.2) is 9.97 Å². The summed E-state index contributed by atoms with van der Waals surface area (Å²) >= 11 is 7.62. The van der Waals surface area contributed by atoms with E-state index in [1.165, 1.54) is 11.8 Å². The van der Waals surface area contributed by atoms with Crippen LogP contribution in [0.25, 0.3) is 0 Å². The molecular weight excluding hydrogens is 530 g/mol. The summed E-state index contributed by atoms with van der Waals surface area (Å²) in [7, 11) is 0. The first kappa shape index (κ1) is 28.9. The van der Waals surface area contributed by atoms with Crippen LogP contribution in [-0.2, 0) is 16.0 Å². The smallest absolute Gasteiger partial charge is 0.230 e. The minimum Gasteiger partial charge on any atom is -0.353 e. The van der Waals surface area contributed by atoms with Gasteiger partial charge >= 0.3 is 0 Å². The van der Waals surface area contributed by atoms with Crippen molar-refractivity contribution < 1.29 is 9.59 Å². The molecule has 7 nitrogen and oxygen atoms in total. The average molecular weight is 566 g/mol. The van der Waals surface area contributed by atoms with Gasteiger partial charge in [0.05, 0.1) is 11.8 Å². The normalized spacial score (nSPS) is 16.6. The number of amides is 2. The molecule has 0 radical (unpaired) electrons. The first-order chi connectivity index (χ1) is 18.6. The fourth-order valence-electron chi connectivity index (χ4n) is 4.66. The zero-order valence-corrected chi connectivity index (χ0v) is 24.5. The third-order valence-corrected chi connectivity index (χ3v) is 7.71. The first-order valence-electron chi connectivity index (χ1n) is 13.2. The number of rotatable bonds is 8. The van der Waals surface area contributed by atoms with Crippen molar-refractivity contribution in [3.8, 4) is 0 Å². The summed E-state index contributed by atoms with van der Waals surface area (Å²) in [6.07, 6.45) is 0.695. The van der Waals surface area contributed by atoms with E-state index in [0.29, 0.717) is 42.2 Å². The molecule has 206 valence electrons. The van der Waals surface area contributed by atoms with E-state index in [4.69, 9.17) is 16.6 Å². The highest BCUT2D eigenvalue weighted by molar-refractivity contribution is 7.99. The summed E-state index contributed by atoms with van der Waals surface area (Å²) in [5.74, 6) is 0.928. The molecule has 1 N–H and O–H groups in total. The molecule has 2 heterocycles. The number of carbonyl (C=O) groups excluding carboxylic acids is 2. The minimum atomic E-state index is -0.417. The van der Waals surface area contributed by atoms with Gasteiger partial charge in [0.15, 0.2) is 5.16 Å². The van der Waals surface area contributed by atoms with Crippen molar-refractivity contribution >= 4 is 41.0 Å². The van der Waals surface area contributed by atoms with Crippen LogP contribution in [0.2, 0.25) is 5.15 Å². The quantitative estimate of drug-likeness (QED) is 0.224. The minimum absolute atomic E-state index is 0.0423. The molecule has 3 aromatic rings. The van der Waals surface area contributed by atoms with E-state index in [9.17, 15) is 9.59 Å². The van der Waals surface area contributed by atoms with E-state index in [0.717, 1.165) is 11.1 Å². The number of nitrogens with one attached hydrogen (secondary N) is 1. The number of nitrogens with zero attached hydrogens (tertiary/aromatic N) is 4. The van der Waals surface area contributed by atoms with Gasteiger partial charge in [-0.15, -0.1) is 0 Å². The lowest BCUT2D eigenvalue weighted by molar-refractivity contribution is -0.142. The van der Waals surface area contributed by atoms with Crippen molar-refractivity contribution in [2.24, 2.45) is 5.41 Å². The van der Waals surface area contributed by atoms with Crippen molar-refractivity contribution in [2.75, 3.05) is 30.3 Å². The number of piperazine rings is 1. The Kier molecular flexibility index (Phi) is 9.51. The highest BCUT2D eigenvalue weighted by Crippen LogP contribution is 2.27. The van der Waals surface area contributed by atoms with Gasteiger partial charge in [-0.05, 0) is 24.5 Å². The molecule has 39 heavy (non-hydrogen) atoms. The van der Waals surface area contributed by atoms with E-state index in [1.807, 2.05) is 74.2 Å². The van der Waals surface area contributed by atoms with Crippen LogP contribution in [0.5, 0.6) is 0 Å². The topological polar surface area (TPSA) is 78.4 Å². The lowest BCUT2D eigenvalue weighted by Crippen LogP contribution is -2.56. The molecule has 0 bridgehead atoms. The van der Waals surface area contributed by atoms with Crippen molar-refractivity contribution in [3.63, 3.8) is 0 Å². The van der Waals surface area contributed by atoms with Gasteiger partial charge in [0.25, 0.3) is 0 Å². The number of carbonyl (C=O) groups is 2. The average Bonchev–Trinajstić information content (AvgIpc) is 2.91. The van der Waals surface area contributed by atoms with E-state index in [1.54, 1.807) is 6.07 Å². The third kappa shape index (κ3) is 7.96. The Labute approximate surface area is 240 Å². The van der Waals surface area contributed by atoms with Crippen molar-refractivity contribution in [3.05, 3.63) is 83.0 Å². The Morgan fingerprint density at radius 2 is 1.72 bits per heavy atom. The van der Waals surface area contributed by atoms with Crippen LogP contribution in [0.4, 0.5) is 5.82 Å². The third-order valence-electron chi connectivity index (χ3n) is 6.67. The summed E-state index contributed by atoms with van der Waals surface area (Å²) < 4.78 is 0. The van der Waals surface area contributed by atoms with Crippen LogP contribution in [0.3, 0.4) is 0 Å². The van der Waals surface area contributed by atoms with E-state index in [2.05, 4.69) is 34.3 Å². The molecule has 0 spiro atoms. The summed E-state index contributed by atoms with van der Waals surface area (Å²) in [5.41, 5.74) is 1.79. The SMILES string of the molecule is CC1CN(c2cc(Cl)nc(SCC(=O)NC(Cc3ccccc3)c3ccccc3)n2)CCN1C(=O)C(C)(C)C. The van der Waals surface area contributed by atoms with Gasteiger partial charge in [0.2, 0.25) is 11.8 Å². The number of anilines is 1. The molecule has 1 aliphatic heterocycles. The number of benzene rings is 2. The monoisotopic (exact) mass is 565 g/mol. The molecule has 1 fully saturated rings. The molecule has 1 aliphatic rings. The van der Waals surface area contributed by atoms with E-state index in [-0.39, 0.29) is 29.7 Å². The second kappa shape index (κ2) is 12.8. The first-order valence-corrected chi connectivity index (χ1v) is 14.6. The molecule has 9 heteroatoms. The predicted molar refractivity (Wildman–Crippen MR) is 158 cm³/mol. The molecule has 4 rings (SSSR count). The zero-order valence-electron chi connectivity index (χ0n) is 22.9.